The Morgan fingerprint density at radius 2 is 1.95 bits per heavy atom. The summed E-state index contributed by atoms with van der Waals surface area (Å²) < 4.78 is 13.1. The average molecular weight is 413 g/mol. The fourth-order valence-electron chi connectivity index (χ4n) is 2.46. The van der Waals surface area contributed by atoms with E-state index < -0.39 is 0 Å². The SMILES string of the molecule is COc1cc(Br)cc(NCc2cc(Br)cc3c2OCC3)c1. The number of hydrogen-bond acceptors (Lipinski definition) is 3. The van der Waals surface area contributed by atoms with Gasteiger partial charge in [0, 0.05) is 39.2 Å². The van der Waals surface area contributed by atoms with Crippen molar-refractivity contribution in [1.82, 2.24) is 0 Å². The monoisotopic (exact) mass is 411 g/mol. The zero-order valence-corrected chi connectivity index (χ0v) is 14.8. The number of anilines is 1. The van der Waals surface area contributed by atoms with Gasteiger partial charge >= 0.3 is 0 Å². The zero-order valence-electron chi connectivity index (χ0n) is 11.6. The lowest BCUT2D eigenvalue weighted by molar-refractivity contribution is 0.354. The van der Waals surface area contributed by atoms with Crippen molar-refractivity contribution < 1.29 is 9.47 Å². The van der Waals surface area contributed by atoms with E-state index in [0.717, 1.165) is 44.7 Å². The summed E-state index contributed by atoms with van der Waals surface area (Å²) in [7, 11) is 1.67. The normalized spacial score (nSPS) is 12.7. The van der Waals surface area contributed by atoms with E-state index in [-0.39, 0.29) is 0 Å². The highest BCUT2D eigenvalue weighted by Crippen LogP contribution is 2.34. The van der Waals surface area contributed by atoms with Gasteiger partial charge in [0.25, 0.3) is 0 Å². The van der Waals surface area contributed by atoms with E-state index in [1.54, 1.807) is 7.11 Å². The number of ether oxygens (including phenoxy) is 2. The maximum Gasteiger partial charge on any atom is 0.127 e. The maximum absolute atomic E-state index is 5.75. The fraction of sp³-hybridized carbons (Fsp3) is 0.250. The molecule has 0 saturated heterocycles. The van der Waals surface area contributed by atoms with Crippen molar-refractivity contribution in [2.45, 2.75) is 13.0 Å². The van der Waals surface area contributed by atoms with Crippen molar-refractivity contribution in [3.8, 4) is 11.5 Å². The summed E-state index contributed by atoms with van der Waals surface area (Å²) in [6.45, 7) is 1.48. The number of methoxy groups -OCH3 is 1. The first-order chi connectivity index (χ1) is 10.2. The molecule has 1 N–H and O–H groups in total. The number of benzene rings is 2. The van der Waals surface area contributed by atoms with Crippen LogP contribution in [0.25, 0.3) is 0 Å². The minimum absolute atomic E-state index is 0.710. The summed E-state index contributed by atoms with van der Waals surface area (Å²) in [4.78, 5) is 0. The van der Waals surface area contributed by atoms with Crippen LogP contribution in [-0.4, -0.2) is 13.7 Å². The summed E-state index contributed by atoms with van der Waals surface area (Å²) in [5.41, 5.74) is 3.44. The molecule has 2 aromatic carbocycles. The van der Waals surface area contributed by atoms with Crippen molar-refractivity contribution in [1.29, 1.82) is 0 Å². The largest absolute Gasteiger partial charge is 0.497 e. The minimum atomic E-state index is 0.710. The molecule has 5 heteroatoms. The number of nitrogens with one attached hydrogen (secondary N) is 1. The second kappa shape index (κ2) is 6.28. The van der Waals surface area contributed by atoms with Crippen LogP contribution in [0.3, 0.4) is 0 Å². The van der Waals surface area contributed by atoms with Gasteiger partial charge in [-0.15, -0.1) is 0 Å². The van der Waals surface area contributed by atoms with Crippen LogP contribution in [0.4, 0.5) is 5.69 Å². The first kappa shape index (κ1) is 14.7. The Kier molecular flexibility index (Phi) is 4.40. The van der Waals surface area contributed by atoms with E-state index in [4.69, 9.17) is 9.47 Å². The van der Waals surface area contributed by atoms with Crippen molar-refractivity contribution in [3.05, 3.63) is 50.4 Å². The van der Waals surface area contributed by atoms with Gasteiger partial charge in [0.2, 0.25) is 0 Å². The number of fused-ring (bicyclic) bond motifs is 1. The maximum atomic E-state index is 5.75. The molecule has 0 aromatic heterocycles. The fourth-order valence-corrected chi connectivity index (χ4v) is 3.48. The lowest BCUT2D eigenvalue weighted by Gasteiger charge is -2.12. The molecule has 0 unspecified atom stereocenters. The molecule has 1 aliphatic heterocycles. The quantitative estimate of drug-likeness (QED) is 0.784. The van der Waals surface area contributed by atoms with Gasteiger partial charge in [-0.1, -0.05) is 31.9 Å². The van der Waals surface area contributed by atoms with Crippen LogP contribution in [0.2, 0.25) is 0 Å². The molecule has 2 aromatic rings. The second-order valence-corrected chi connectivity index (χ2v) is 6.72. The Bertz CT molecular complexity index is 674. The standard InChI is InChI=1S/C16H15Br2NO2/c1-20-15-7-13(18)6-14(8-15)19-9-11-5-12(17)4-10-2-3-21-16(10)11/h4-8,19H,2-3,9H2,1H3. The molecule has 0 radical (unpaired) electrons. The van der Waals surface area contributed by atoms with Crippen molar-refractivity contribution >= 4 is 37.5 Å². The molecule has 1 heterocycles. The Morgan fingerprint density at radius 1 is 1.14 bits per heavy atom. The summed E-state index contributed by atoms with van der Waals surface area (Å²) in [6, 6.07) is 10.2. The summed E-state index contributed by atoms with van der Waals surface area (Å²) >= 11 is 7.05. The molecule has 0 bridgehead atoms. The zero-order chi connectivity index (χ0) is 14.8. The highest BCUT2D eigenvalue weighted by Gasteiger charge is 2.17. The van der Waals surface area contributed by atoms with Crippen LogP contribution in [0.15, 0.2) is 39.3 Å². The number of halogens is 2. The van der Waals surface area contributed by atoms with Gasteiger partial charge in [0.15, 0.2) is 0 Å². The average Bonchev–Trinajstić information content (AvgIpc) is 2.92. The minimum Gasteiger partial charge on any atom is -0.497 e. The molecule has 0 amide bonds. The predicted octanol–water partition coefficient (Wildman–Crippen LogP) is 4.77. The Morgan fingerprint density at radius 3 is 2.76 bits per heavy atom. The van der Waals surface area contributed by atoms with Gasteiger partial charge in [-0.3, -0.25) is 0 Å². The third-order valence-corrected chi connectivity index (χ3v) is 4.33. The van der Waals surface area contributed by atoms with Crippen LogP contribution < -0.4 is 14.8 Å². The van der Waals surface area contributed by atoms with Gasteiger partial charge < -0.3 is 14.8 Å². The first-order valence-corrected chi connectivity index (χ1v) is 8.27. The van der Waals surface area contributed by atoms with E-state index in [1.807, 2.05) is 18.2 Å². The van der Waals surface area contributed by atoms with Crippen LogP contribution in [-0.2, 0) is 13.0 Å². The molecule has 21 heavy (non-hydrogen) atoms. The molecule has 0 aliphatic carbocycles. The predicted molar refractivity (Wildman–Crippen MR) is 91.4 cm³/mol. The van der Waals surface area contributed by atoms with E-state index in [1.165, 1.54) is 5.56 Å². The van der Waals surface area contributed by atoms with E-state index in [2.05, 4.69) is 49.3 Å². The lowest BCUT2D eigenvalue weighted by Crippen LogP contribution is -2.02. The van der Waals surface area contributed by atoms with Crippen LogP contribution in [0.5, 0.6) is 11.5 Å². The Labute approximate surface area is 140 Å². The Balaban J connectivity index is 1.81. The molecule has 3 rings (SSSR count). The van der Waals surface area contributed by atoms with Crippen molar-refractivity contribution in [2.24, 2.45) is 0 Å². The summed E-state index contributed by atoms with van der Waals surface area (Å²) in [5, 5.41) is 3.42. The molecular weight excluding hydrogens is 398 g/mol. The molecule has 110 valence electrons. The number of rotatable bonds is 4. The van der Waals surface area contributed by atoms with Gasteiger partial charge in [-0.05, 0) is 29.8 Å². The smallest absolute Gasteiger partial charge is 0.127 e. The van der Waals surface area contributed by atoms with E-state index in [0.29, 0.717) is 6.54 Å². The molecular formula is C16H15Br2NO2. The topological polar surface area (TPSA) is 30.5 Å². The molecule has 0 spiro atoms. The van der Waals surface area contributed by atoms with Crippen molar-refractivity contribution in [3.63, 3.8) is 0 Å². The lowest BCUT2D eigenvalue weighted by atomic mass is 10.1. The van der Waals surface area contributed by atoms with Crippen LogP contribution in [0.1, 0.15) is 11.1 Å². The van der Waals surface area contributed by atoms with Gasteiger partial charge in [-0.2, -0.15) is 0 Å². The second-order valence-electron chi connectivity index (χ2n) is 4.88. The highest BCUT2D eigenvalue weighted by atomic mass is 79.9. The molecule has 3 nitrogen and oxygen atoms in total. The highest BCUT2D eigenvalue weighted by molar-refractivity contribution is 9.10. The van der Waals surface area contributed by atoms with Gasteiger partial charge in [-0.25, -0.2) is 0 Å². The third-order valence-electron chi connectivity index (χ3n) is 3.42. The van der Waals surface area contributed by atoms with Crippen LogP contribution in [0, 0.1) is 0 Å². The van der Waals surface area contributed by atoms with E-state index >= 15 is 0 Å². The Hall–Kier alpha value is -1.20. The van der Waals surface area contributed by atoms with Crippen molar-refractivity contribution in [2.75, 3.05) is 19.0 Å². The summed E-state index contributed by atoms with van der Waals surface area (Å²) in [6.07, 6.45) is 0.979. The number of hydrogen-bond donors (Lipinski definition) is 1. The molecule has 0 saturated carbocycles. The molecule has 1 aliphatic rings. The molecule has 0 atom stereocenters. The van der Waals surface area contributed by atoms with E-state index in [9.17, 15) is 0 Å². The first-order valence-electron chi connectivity index (χ1n) is 6.68. The van der Waals surface area contributed by atoms with Gasteiger partial charge in [0.05, 0.1) is 13.7 Å². The van der Waals surface area contributed by atoms with Crippen LogP contribution >= 0.6 is 31.9 Å². The molecule has 0 fully saturated rings. The third kappa shape index (κ3) is 3.35. The van der Waals surface area contributed by atoms with Gasteiger partial charge in [0.1, 0.15) is 11.5 Å². The summed E-state index contributed by atoms with van der Waals surface area (Å²) in [5.74, 6) is 1.84.